The number of thioether (sulfide) groups is 1. The first-order valence-corrected chi connectivity index (χ1v) is 11.4. The van der Waals surface area contributed by atoms with E-state index in [0.717, 1.165) is 16.0 Å². The van der Waals surface area contributed by atoms with Gasteiger partial charge in [0.25, 0.3) is 0 Å². The summed E-state index contributed by atoms with van der Waals surface area (Å²) in [5.41, 5.74) is 4.17. The van der Waals surface area contributed by atoms with E-state index in [1.807, 2.05) is 55.5 Å². The summed E-state index contributed by atoms with van der Waals surface area (Å²) in [5, 5.41) is 3.88. The van der Waals surface area contributed by atoms with E-state index in [-0.39, 0.29) is 13.2 Å². The summed E-state index contributed by atoms with van der Waals surface area (Å²) in [6.45, 7) is 4.01. The van der Waals surface area contributed by atoms with E-state index in [9.17, 15) is 9.59 Å². The number of allylic oxidation sites excluding steroid dienone is 1. The molecule has 2 aromatic carbocycles. The first-order chi connectivity index (χ1) is 15.0. The van der Waals surface area contributed by atoms with Crippen molar-refractivity contribution in [3.05, 3.63) is 87.2 Å². The lowest BCUT2D eigenvalue weighted by Crippen LogP contribution is -2.30. The number of carbonyl (C=O) groups is 2. The standard InChI is InChI=1S/C24H22ClNO4S/c1-3-29-23(27)20-14(2)26-18-12-30-24(28)22(18)21(20)16-9-5-7-11-19(16)31-13-15-8-4-6-10-17(15)25/h4-11,21,26H,3,12-13H2,1-2H3. The van der Waals surface area contributed by atoms with Crippen LogP contribution in [0.4, 0.5) is 0 Å². The number of rotatable bonds is 6. The van der Waals surface area contributed by atoms with Gasteiger partial charge in [-0.05, 0) is 37.1 Å². The Balaban J connectivity index is 1.76. The molecule has 0 spiro atoms. The Hall–Kier alpha value is -2.70. The Morgan fingerprint density at radius 3 is 2.74 bits per heavy atom. The summed E-state index contributed by atoms with van der Waals surface area (Å²) in [4.78, 5) is 26.5. The molecule has 31 heavy (non-hydrogen) atoms. The highest BCUT2D eigenvalue weighted by Crippen LogP contribution is 2.44. The van der Waals surface area contributed by atoms with Gasteiger partial charge < -0.3 is 14.8 Å². The number of cyclic esters (lactones) is 1. The fourth-order valence-corrected chi connectivity index (χ4v) is 5.25. The summed E-state index contributed by atoms with van der Waals surface area (Å²) >= 11 is 7.95. The van der Waals surface area contributed by atoms with E-state index >= 15 is 0 Å². The van der Waals surface area contributed by atoms with Crippen LogP contribution in [0.3, 0.4) is 0 Å². The number of nitrogens with one attached hydrogen (secondary N) is 1. The van der Waals surface area contributed by atoms with Crippen LogP contribution >= 0.6 is 23.4 Å². The van der Waals surface area contributed by atoms with Gasteiger partial charge in [0.1, 0.15) is 6.61 Å². The monoisotopic (exact) mass is 455 g/mol. The molecule has 2 aliphatic rings. The maximum atomic E-state index is 12.9. The fraction of sp³-hybridized carbons (Fsp3) is 0.250. The topological polar surface area (TPSA) is 64.6 Å². The lowest BCUT2D eigenvalue weighted by atomic mass is 9.81. The third-order valence-corrected chi connectivity index (χ3v) is 6.79. The molecule has 0 aliphatic carbocycles. The van der Waals surface area contributed by atoms with Gasteiger partial charge in [-0.1, -0.05) is 48.0 Å². The molecule has 0 amide bonds. The van der Waals surface area contributed by atoms with Crippen molar-refractivity contribution in [3.63, 3.8) is 0 Å². The zero-order chi connectivity index (χ0) is 22.0. The molecule has 2 aliphatic heterocycles. The third kappa shape index (κ3) is 4.23. The Labute approximate surface area is 190 Å². The molecule has 0 saturated heterocycles. The second kappa shape index (κ2) is 9.20. The van der Waals surface area contributed by atoms with E-state index < -0.39 is 17.9 Å². The van der Waals surface area contributed by atoms with Crippen molar-refractivity contribution < 1.29 is 19.1 Å². The number of hydrogen-bond donors (Lipinski definition) is 1. The normalized spacial score (nSPS) is 17.9. The molecule has 2 heterocycles. The van der Waals surface area contributed by atoms with Gasteiger partial charge in [-0.15, -0.1) is 11.8 Å². The van der Waals surface area contributed by atoms with Crippen molar-refractivity contribution in [2.24, 2.45) is 0 Å². The molecule has 1 atom stereocenters. The van der Waals surface area contributed by atoms with Crippen LogP contribution in [0.1, 0.15) is 30.9 Å². The van der Waals surface area contributed by atoms with Crippen LogP contribution in [0.5, 0.6) is 0 Å². The minimum absolute atomic E-state index is 0.174. The van der Waals surface area contributed by atoms with Crippen molar-refractivity contribution in [2.75, 3.05) is 13.2 Å². The Kier molecular flexibility index (Phi) is 6.39. The number of halogens is 1. The van der Waals surface area contributed by atoms with Gasteiger partial charge in [0, 0.05) is 21.4 Å². The van der Waals surface area contributed by atoms with Crippen LogP contribution < -0.4 is 5.32 Å². The van der Waals surface area contributed by atoms with Crippen molar-refractivity contribution >= 4 is 35.3 Å². The van der Waals surface area contributed by atoms with Crippen LogP contribution in [-0.4, -0.2) is 25.2 Å². The molecule has 1 N–H and O–H groups in total. The Morgan fingerprint density at radius 1 is 1.23 bits per heavy atom. The van der Waals surface area contributed by atoms with Crippen LogP contribution in [0.15, 0.2) is 76.0 Å². The van der Waals surface area contributed by atoms with Gasteiger partial charge in [-0.3, -0.25) is 0 Å². The Morgan fingerprint density at radius 2 is 1.97 bits per heavy atom. The minimum Gasteiger partial charge on any atom is -0.463 e. The molecule has 0 fully saturated rings. The SMILES string of the molecule is CCOC(=O)C1=C(C)NC2=C(C(=O)OC2)C1c1ccccc1SCc1ccccc1Cl. The summed E-state index contributed by atoms with van der Waals surface area (Å²) in [6.07, 6.45) is 0. The van der Waals surface area contributed by atoms with Crippen LogP contribution in [0, 0.1) is 0 Å². The molecule has 2 aromatic rings. The summed E-state index contributed by atoms with van der Waals surface area (Å²) < 4.78 is 10.6. The quantitative estimate of drug-likeness (QED) is 0.490. The molecular weight excluding hydrogens is 434 g/mol. The summed E-state index contributed by atoms with van der Waals surface area (Å²) in [6, 6.07) is 15.5. The van der Waals surface area contributed by atoms with Gasteiger partial charge >= 0.3 is 11.9 Å². The minimum atomic E-state index is -0.555. The molecule has 0 bridgehead atoms. The predicted molar refractivity (Wildman–Crippen MR) is 121 cm³/mol. The highest BCUT2D eigenvalue weighted by atomic mass is 35.5. The largest absolute Gasteiger partial charge is 0.463 e. The molecule has 7 heteroatoms. The number of esters is 2. The van der Waals surface area contributed by atoms with Crippen molar-refractivity contribution in [1.29, 1.82) is 0 Å². The molecular formula is C24H22ClNO4S. The molecule has 0 saturated carbocycles. The molecule has 0 aromatic heterocycles. The Bertz CT molecular complexity index is 1110. The molecule has 5 nitrogen and oxygen atoms in total. The molecule has 4 rings (SSSR count). The van der Waals surface area contributed by atoms with Crippen LogP contribution in [0.25, 0.3) is 0 Å². The number of benzene rings is 2. The summed E-state index contributed by atoms with van der Waals surface area (Å²) in [7, 11) is 0. The van der Waals surface area contributed by atoms with E-state index in [0.29, 0.717) is 33.3 Å². The van der Waals surface area contributed by atoms with E-state index in [2.05, 4.69) is 5.32 Å². The average molecular weight is 456 g/mol. The first-order valence-electron chi connectivity index (χ1n) is 10.0. The van der Waals surface area contributed by atoms with Gasteiger partial charge in [-0.2, -0.15) is 0 Å². The maximum Gasteiger partial charge on any atom is 0.337 e. The highest BCUT2D eigenvalue weighted by Gasteiger charge is 2.42. The highest BCUT2D eigenvalue weighted by molar-refractivity contribution is 7.98. The van der Waals surface area contributed by atoms with Crippen molar-refractivity contribution in [2.45, 2.75) is 30.4 Å². The van der Waals surface area contributed by atoms with Crippen molar-refractivity contribution in [1.82, 2.24) is 5.32 Å². The molecule has 0 radical (unpaired) electrons. The second-order valence-electron chi connectivity index (χ2n) is 7.20. The van der Waals surface area contributed by atoms with E-state index in [4.69, 9.17) is 21.1 Å². The lowest BCUT2D eigenvalue weighted by molar-refractivity contribution is -0.138. The van der Waals surface area contributed by atoms with Gasteiger partial charge in [0.2, 0.25) is 0 Å². The zero-order valence-corrected chi connectivity index (χ0v) is 18.8. The van der Waals surface area contributed by atoms with Crippen molar-refractivity contribution in [3.8, 4) is 0 Å². The number of ether oxygens (including phenoxy) is 2. The molecule has 160 valence electrons. The van der Waals surface area contributed by atoms with Gasteiger partial charge in [0.15, 0.2) is 0 Å². The van der Waals surface area contributed by atoms with E-state index in [1.165, 1.54) is 0 Å². The fourth-order valence-electron chi connectivity index (χ4n) is 3.88. The second-order valence-corrected chi connectivity index (χ2v) is 8.63. The smallest absolute Gasteiger partial charge is 0.337 e. The molecule has 1 unspecified atom stereocenters. The third-order valence-electron chi connectivity index (χ3n) is 5.28. The summed E-state index contributed by atoms with van der Waals surface area (Å²) in [5.74, 6) is -0.738. The van der Waals surface area contributed by atoms with Gasteiger partial charge in [-0.25, -0.2) is 9.59 Å². The number of dihydropyridines is 1. The lowest BCUT2D eigenvalue weighted by Gasteiger charge is -2.28. The predicted octanol–water partition coefficient (Wildman–Crippen LogP) is 4.97. The van der Waals surface area contributed by atoms with Crippen LogP contribution in [-0.2, 0) is 24.8 Å². The number of carbonyl (C=O) groups excluding carboxylic acids is 2. The number of hydrogen-bond acceptors (Lipinski definition) is 6. The van der Waals surface area contributed by atoms with Crippen LogP contribution in [0.2, 0.25) is 5.02 Å². The average Bonchev–Trinajstić information content (AvgIpc) is 3.12. The van der Waals surface area contributed by atoms with E-state index in [1.54, 1.807) is 18.7 Å². The zero-order valence-electron chi connectivity index (χ0n) is 17.2. The first kappa shape index (κ1) is 21.5. The maximum absolute atomic E-state index is 12.9. The van der Waals surface area contributed by atoms with Gasteiger partial charge in [0.05, 0.1) is 29.4 Å².